The Balaban J connectivity index is 2.70. The van der Waals surface area contributed by atoms with Crippen LogP contribution in [0.15, 0.2) is 24.3 Å². The van der Waals surface area contributed by atoms with Gasteiger partial charge < -0.3 is 15.2 Å². The highest BCUT2D eigenvalue weighted by Gasteiger charge is 2.16. The predicted octanol–water partition coefficient (Wildman–Crippen LogP) is 3.14. The Morgan fingerprint density at radius 2 is 2.00 bits per heavy atom. The minimum atomic E-state index is 0.224. The molecule has 1 aromatic rings. The molecular weight excluding hydrogens is 238 g/mol. The summed E-state index contributed by atoms with van der Waals surface area (Å²) >= 11 is 0. The molecule has 2 unspecified atom stereocenters. The van der Waals surface area contributed by atoms with E-state index in [2.05, 4.69) is 38.2 Å². The fourth-order valence-corrected chi connectivity index (χ4v) is 2.21. The number of ether oxygens (including phenoxy) is 1. The normalized spacial score (nSPS) is 14.4. The van der Waals surface area contributed by atoms with Gasteiger partial charge in [0.2, 0.25) is 0 Å². The smallest absolute Gasteiger partial charge is 0.119 e. The lowest BCUT2D eigenvalue weighted by Crippen LogP contribution is -2.36. The van der Waals surface area contributed by atoms with Crippen molar-refractivity contribution in [3.05, 3.63) is 29.8 Å². The van der Waals surface area contributed by atoms with Crippen LogP contribution in [0.5, 0.6) is 5.75 Å². The lowest BCUT2D eigenvalue weighted by Gasteiger charge is -2.26. The second kappa shape index (κ2) is 8.18. The standard InChI is InChI=1S/C16H27NO2/c1-5-19-15-8-6-7-14(11-15)13(4)17-16(9-10-18)12(2)3/h6-8,11-13,16-18H,5,9-10H2,1-4H3. The summed E-state index contributed by atoms with van der Waals surface area (Å²) in [5.74, 6) is 1.42. The molecule has 0 aliphatic rings. The van der Waals surface area contributed by atoms with Crippen LogP contribution in [0, 0.1) is 5.92 Å². The second-order valence-corrected chi connectivity index (χ2v) is 5.26. The lowest BCUT2D eigenvalue weighted by molar-refractivity contribution is 0.237. The predicted molar refractivity (Wildman–Crippen MR) is 79.5 cm³/mol. The van der Waals surface area contributed by atoms with Crippen LogP contribution < -0.4 is 10.1 Å². The zero-order chi connectivity index (χ0) is 14.3. The van der Waals surface area contributed by atoms with Gasteiger partial charge in [-0.15, -0.1) is 0 Å². The van der Waals surface area contributed by atoms with E-state index in [9.17, 15) is 0 Å². The van der Waals surface area contributed by atoms with Gasteiger partial charge in [0, 0.05) is 18.7 Å². The van der Waals surface area contributed by atoms with E-state index in [0.29, 0.717) is 18.6 Å². The SMILES string of the molecule is CCOc1cccc(C(C)NC(CCO)C(C)C)c1. The maximum atomic E-state index is 9.12. The molecule has 108 valence electrons. The molecule has 2 atom stereocenters. The minimum absolute atomic E-state index is 0.224. The van der Waals surface area contributed by atoms with Gasteiger partial charge in [0.15, 0.2) is 0 Å². The number of nitrogens with one attached hydrogen (secondary N) is 1. The van der Waals surface area contributed by atoms with Crippen molar-refractivity contribution in [2.75, 3.05) is 13.2 Å². The van der Waals surface area contributed by atoms with E-state index in [4.69, 9.17) is 9.84 Å². The van der Waals surface area contributed by atoms with Gasteiger partial charge in [0.1, 0.15) is 5.75 Å². The van der Waals surface area contributed by atoms with Gasteiger partial charge in [-0.3, -0.25) is 0 Å². The van der Waals surface area contributed by atoms with Crippen LogP contribution in [0.3, 0.4) is 0 Å². The van der Waals surface area contributed by atoms with E-state index < -0.39 is 0 Å². The molecule has 3 nitrogen and oxygen atoms in total. The van der Waals surface area contributed by atoms with Crippen LogP contribution in [0.1, 0.15) is 45.7 Å². The Morgan fingerprint density at radius 3 is 2.58 bits per heavy atom. The molecule has 0 bridgehead atoms. The van der Waals surface area contributed by atoms with Crippen molar-refractivity contribution in [1.82, 2.24) is 5.32 Å². The summed E-state index contributed by atoms with van der Waals surface area (Å²) in [6.45, 7) is 9.40. The van der Waals surface area contributed by atoms with Crippen molar-refractivity contribution in [3.8, 4) is 5.75 Å². The van der Waals surface area contributed by atoms with Crippen molar-refractivity contribution in [3.63, 3.8) is 0 Å². The largest absolute Gasteiger partial charge is 0.494 e. The summed E-state index contributed by atoms with van der Waals surface area (Å²) in [4.78, 5) is 0. The third-order valence-corrected chi connectivity index (χ3v) is 3.38. The van der Waals surface area contributed by atoms with Crippen LogP contribution in [0.4, 0.5) is 0 Å². The molecule has 1 aromatic carbocycles. The Morgan fingerprint density at radius 1 is 1.26 bits per heavy atom. The van der Waals surface area contributed by atoms with E-state index in [1.54, 1.807) is 0 Å². The van der Waals surface area contributed by atoms with Gasteiger partial charge in [0.05, 0.1) is 6.61 Å². The molecule has 0 amide bonds. The monoisotopic (exact) mass is 265 g/mol. The van der Waals surface area contributed by atoms with E-state index >= 15 is 0 Å². The van der Waals surface area contributed by atoms with Gasteiger partial charge >= 0.3 is 0 Å². The Bertz CT molecular complexity index is 366. The van der Waals surface area contributed by atoms with Gasteiger partial charge in [-0.2, -0.15) is 0 Å². The first-order valence-electron chi connectivity index (χ1n) is 7.18. The Hall–Kier alpha value is -1.06. The van der Waals surface area contributed by atoms with Crippen LogP contribution in [-0.4, -0.2) is 24.4 Å². The topological polar surface area (TPSA) is 41.5 Å². The molecule has 0 spiro atoms. The number of aliphatic hydroxyl groups is 1. The lowest BCUT2D eigenvalue weighted by atomic mass is 9.98. The average Bonchev–Trinajstić information content (AvgIpc) is 2.38. The molecular formula is C16H27NO2. The molecule has 2 N–H and O–H groups in total. The maximum Gasteiger partial charge on any atom is 0.119 e. The zero-order valence-electron chi connectivity index (χ0n) is 12.5. The van der Waals surface area contributed by atoms with Crippen molar-refractivity contribution in [2.24, 2.45) is 5.92 Å². The molecule has 0 saturated heterocycles. The van der Waals surface area contributed by atoms with E-state index in [1.807, 2.05) is 19.1 Å². The number of aliphatic hydroxyl groups excluding tert-OH is 1. The molecule has 3 heteroatoms. The third kappa shape index (κ3) is 5.21. The maximum absolute atomic E-state index is 9.12. The first kappa shape index (κ1) is 16.0. The molecule has 0 aromatic heterocycles. The molecule has 0 heterocycles. The van der Waals surface area contributed by atoms with Crippen molar-refractivity contribution in [1.29, 1.82) is 0 Å². The van der Waals surface area contributed by atoms with Crippen molar-refractivity contribution >= 4 is 0 Å². The number of hydrogen-bond acceptors (Lipinski definition) is 3. The highest BCUT2D eigenvalue weighted by atomic mass is 16.5. The molecule has 1 rings (SSSR count). The number of hydrogen-bond donors (Lipinski definition) is 2. The number of rotatable bonds is 8. The quantitative estimate of drug-likeness (QED) is 0.758. The molecule has 0 radical (unpaired) electrons. The van der Waals surface area contributed by atoms with E-state index in [0.717, 1.165) is 12.2 Å². The zero-order valence-corrected chi connectivity index (χ0v) is 12.5. The summed E-state index contributed by atoms with van der Waals surface area (Å²) < 4.78 is 5.53. The van der Waals surface area contributed by atoms with Crippen molar-refractivity contribution in [2.45, 2.75) is 46.2 Å². The van der Waals surface area contributed by atoms with Gasteiger partial charge in [-0.25, -0.2) is 0 Å². The summed E-state index contributed by atoms with van der Waals surface area (Å²) in [5.41, 5.74) is 1.22. The number of benzene rings is 1. The highest BCUT2D eigenvalue weighted by molar-refractivity contribution is 5.30. The molecule has 19 heavy (non-hydrogen) atoms. The van der Waals surface area contributed by atoms with Gasteiger partial charge in [-0.1, -0.05) is 26.0 Å². The van der Waals surface area contributed by atoms with Crippen molar-refractivity contribution < 1.29 is 9.84 Å². The highest BCUT2D eigenvalue weighted by Crippen LogP contribution is 2.21. The Kier molecular flexibility index (Phi) is 6.89. The first-order chi connectivity index (χ1) is 9.08. The molecule has 0 fully saturated rings. The van der Waals surface area contributed by atoms with E-state index in [1.165, 1.54) is 5.56 Å². The van der Waals surface area contributed by atoms with Crippen LogP contribution in [0.2, 0.25) is 0 Å². The summed E-state index contributed by atoms with van der Waals surface area (Å²) in [7, 11) is 0. The minimum Gasteiger partial charge on any atom is -0.494 e. The fourth-order valence-electron chi connectivity index (χ4n) is 2.21. The van der Waals surface area contributed by atoms with Crippen LogP contribution in [-0.2, 0) is 0 Å². The van der Waals surface area contributed by atoms with Gasteiger partial charge in [0.25, 0.3) is 0 Å². The molecule has 0 aliphatic carbocycles. The van der Waals surface area contributed by atoms with Crippen LogP contribution in [0.25, 0.3) is 0 Å². The molecule has 0 saturated carbocycles. The Labute approximate surface area is 117 Å². The fraction of sp³-hybridized carbons (Fsp3) is 0.625. The van der Waals surface area contributed by atoms with E-state index in [-0.39, 0.29) is 12.6 Å². The van der Waals surface area contributed by atoms with Crippen LogP contribution >= 0.6 is 0 Å². The average molecular weight is 265 g/mol. The third-order valence-electron chi connectivity index (χ3n) is 3.38. The summed E-state index contributed by atoms with van der Waals surface area (Å²) in [5, 5.41) is 12.7. The second-order valence-electron chi connectivity index (χ2n) is 5.26. The molecule has 0 aliphatic heterocycles. The summed E-state index contributed by atoms with van der Waals surface area (Å²) in [6.07, 6.45) is 0.785. The first-order valence-corrected chi connectivity index (χ1v) is 7.18. The summed E-state index contributed by atoms with van der Waals surface area (Å²) in [6, 6.07) is 8.77. The van der Waals surface area contributed by atoms with Gasteiger partial charge in [-0.05, 0) is 43.9 Å².